The molecule has 2 aromatic heterocycles. The van der Waals surface area contributed by atoms with Gasteiger partial charge in [-0.05, 0) is 19.1 Å². The fourth-order valence-electron chi connectivity index (χ4n) is 2.09. The number of non-ortho nitro benzene ring substituents is 1. The third kappa shape index (κ3) is 4.40. The minimum absolute atomic E-state index is 0.0213. The van der Waals surface area contributed by atoms with Crippen molar-refractivity contribution in [2.24, 2.45) is 0 Å². The number of rotatable bonds is 7. The van der Waals surface area contributed by atoms with Gasteiger partial charge in [0.1, 0.15) is 11.4 Å². The number of nitrogens with two attached hydrogens (primary N) is 1. The molecule has 0 unspecified atom stereocenters. The van der Waals surface area contributed by atoms with Crippen LogP contribution >= 0.6 is 11.8 Å². The molecule has 0 radical (unpaired) electrons. The number of carbonyl (C=O) groups excluding carboxylic acids is 1. The van der Waals surface area contributed by atoms with E-state index in [1.54, 1.807) is 6.92 Å². The lowest BCUT2D eigenvalue weighted by Crippen LogP contribution is -2.10. The molecule has 0 aliphatic heterocycles. The number of aromatic nitrogens is 4. The zero-order valence-corrected chi connectivity index (χ0v) is 15.4. The van der Waals surface area contributed by atoms with Crippen LogP contribution in [0.3, 0.4) is 0 Å². The normalized spacial score (nSPS) is 10.6. The van der Waals surface area contributed by atoms with Gasteiger partial charge in [0.05, 0.1) is 17.3 Å². The molecule has 0 atom stereocenters. The Morgan fingerprint density at radius 2 is 2.07 bits per heavy atom. The smallest absolute Gasteiger partial charge is 0.343 e. The van der Waals surface area contributed by atoms with Crippen molar-refractivity contribution in [2.75, 3.05) is 12.3 Å². The number of carbonyl (C=O) groups is 1. The van der Waals surface area contributed by atoms with E-state index in [0.717, 1.165) is 0 Å². The number of benzene rings is 1. The van der Waals surface area contributed by atoms with E-state index in [1.807, 2.05) is 0 Å². The average Bonchev–Trinajstić information content (AvgIpc) is 3.15. The Kier molecular flexibility index (Phi) is 5.79. The van der Waals surface area contributed by atoms with E-state index in [2.05, 4.69) is 20.2 Å². The first-order valence-electron chi connectivity index (χ1n) is 7.97. The molecule has 11 nitrogen and oxygen atoms in total. The second-order valence-electron chi connectivity index (χ2n) is 5.27. The molecule has 1 aromatic carbocycles. The number of thioether (sulfide) groups is 1. The van der Waals surface area contributed by atoms with Crippen molar-refractivity contribution in [1.82, 2.24) is 20.2 Å². The second-order valence-corrected chi connectivity index (χ2v) is 6.21. The Bertz CT molecular complexity index is 1010. The van der Waals surface area contributed by atoms with Crippen molar-refractivity contribution in [2.45, 2.75) is 17.8 Å². The van der Waals surface area contributed by atoms with Crippen LogP contribution in [0, 0.1) is 10.1 Å². The lowest BCUT2D eigenvalue weighted by molar-refractivity contribution is -0.384. The van der Waals surface area contributed by atoms with Crippen LogP contribution in [0.25, 0.3) is 11.5 Å². The van der Waals surface area contributed by atoms with E-state index in [9.17, 15) is 14.9 Å². The summed E-state index contributed by atoms with van der Waals surface area (Å²) in [5.74, 6) is 0.269. The molecule has 0 bridgehead atoms. The molecular weight excluding hydrogens is 388 g/mol. The zero-order chi connectivity index (χ0) is 20.1. The second kappa shape index (κ2) is 8.43. The SMILES string of the molecule is CCOC(=O)c1cnc(SCc2nnc(-c3ccc([N+](=O)[O-])cc3)o2)nc1N. The Labute approximate surface area is 162 Å². The summed E-state index contributed by atoms with van der Waals surface area (Å²) in [5.41, 5.74) is 6.41. The Morgan fingerprint density at radius 1 is 1.32 bits per heavy atom. The van der Waals surface area contributed by atoms with E-state index >= 15 is 0 Å². The van der Waals surface area contributed by atoms with Crippen molar-refractivity contribution in [3.8, 4) is 11.5 Å². The van der Waals surface area contributed by atoms with Gasteiger partial charge in [0.2, 0.25) is 11.8 Å². The van der Waals surface area contributed by atoms with Crippen LogP contribution in [-0.4, -0.2) is 37.7 Å². The van der Waals surface area contributed by atoms with E-state index in [4.69, 9.17) is 14.9 Å². The van der Waals surface area contributed by atoms with Gasteiger partial charge in [0.15, 0.2) is 5.16 Å². The number of hydrogen-bond donors (Lipinski definition) is 1. The zero-order valence-electron chi connectivity index (χ0n) is 14.6. The third-order valence-electron chi connectivity index (χ3n) is 3.41. The van der Waals surface area contributed by atoms with E-state index in [-0.39, 0.29) is 35.3 Å². The van der Waals surface area contributed by atoms with Crippen molar-refractivity contribution in [3.63, 3.8) is 0 Å². The number of nitro benzene ring substituents is 1. The molecule has 0 saturated heterocycles. The molecule has 2 N–H and O–H groups in total. The number of nitro groups is 1. The number of esters is 1. The number of ether oxygens (including phenoxy) is 1. The van der Waals surface area contributed by atoms with Crippen molar-refractivity contribution < 1.29 is 18.9 Å². The Balaban J connectivity index is 1.65. The van der Waals surface area contributed by atoms with Gasteiger partial charge in [-0.3, -0.25) is 10.1 Å². The molecule has 28 heavy (non-hydrogen) atoms. The number of hydrogen-bond acceptors (Lipinski definition) is 11. The summed E-state index contributed by atoms with van der Waals surface area (Å²) in [7, 11) is 0. The standard InChI is InChI=1S/C16H14N6O5S/c1-2-26-15(23)11-7-18-16(19-13(11)17)28-8-12-20-21-14(27-12)9-3-5-10(6-4-9)22(24)25/h3-7H,2,8H2,1H3,(H2,17,18,19). The number of anilines is 1. The summed E-state index contributed by atoms with van der Waals surface area (Å²) in [6, 6.07) is 5.77. The average molecular weight is 402 g/mol. The van der Waals surface area contributed by atoms with Gasteiger partial charge in [-0.25, -0.2) is 14.8 Å². The van der Waals surface area contributed by atoms with Crippen LogP contribution in [0.1, 0.15) is 23.2 Å². The molecule has 3 rings (SSSR count). The van der Waals surface area contributed by atoms with Crippen LogP contribution in [0.2, 0.25) is 0 Å². The highest BCUT2D eigenvalue weighted by molar-refractivity contribution is 7.98. The van der Waals surface area contributed by atoms with Crippen molar-refractivity contribution in [1.29, 1.82) is 0 Å². The summed E-state index contributed by atoms with van der Waals surface area (Å²) in [6.45, 7) is 1.91. The quantitative estimate of drug-likeness (QED) is 0.203. The van der Waals surface area contributed by atoms with Gasteiger partial charge in [-0.2, -0.15) is 0 Å². The molecule has 0 saturated carbocycles. The van der Waals surface area contributed by atoms with Crippen molar-refractivity contribution >= 4 is 29.2 Å². The highest BCUT2D eigenvalue weighted by Gasteiger charge is 2.15. The number of nitrogen functional groups attached to an aromatic ring is 1. The van der Waals surface area contributed by atoms with Crippen molar-refractivity contribution in [3.05, 3.63) is 52.0 Å². The van der Waals surface area contributed by atoms with Crippen LogP contribution in [0.15, 0.2) is 40.0 Å². The first-order valence-corrected chi connectivity index (χ1v) is 8.96. The van der Waals surface area contributed by atoms with Gasteiger partial charge in [0.25, 0.3) is 5.69 Å². The molecule has 0 spiro atoms. The molecule has 0 aliphatic rings. The highest BCUT2D eigenvalue weighted by Crippen LogP contribution is 2.25. The van der Waals surface area contributed by atoms with Crippen LogP contribution in [0.5, 0.6) is 0 Å². The molecule has 3 aromatic rings. The summed E-state index contributed by atoms with van der Waals surface area (Å²) in [6.07, 6.45) is 1.30. The maximum atomic E-state index is 11.7. The van der Waals surface area contributed by atoms with Gasteiger partial charge in [0, 0.05) is 23.9 Å². The first-order chi connectivity index (χ1) is 13.5. The summed E-state index contributed by atoms with van der Waals surface area (Å²) in [5, 5.41) is 18.9. The molecule has 2 heterocycles. The monoisotopic (exact) mass is 402 g/mol. The predicted octanol–water partition coefficient (Wildman–Crippen LogP) is 2.49. The largest absolute Gasteiger partial charge is 0.462 e. The van der Waals surface area contributed by atoms with E-state index in [1.165, 1.54) is 42.2 Å². The summed E-state index contributed by atoms with van der Waals surface area (Å²) >= 11 is 1.20. The minimum atomic E-state index is -0.582. The lowest BCUT2D eigenvalue weighted by atomic mass is 10.2. The maximum Gasteiger partial charge on any atom is 0.343 e. The van der Waals surface area contributed by atoms with Crippen LogP contribution < -0.4 is 5.73 Å². The first kappa shape index (κ1) is 19.2. The fourth-order valence-corrected chi connectivity index (χ4v) is 2.75. The van der Waals surface area contributed by atoms with Gasteiger partial charge in [-0.15, -0.1) is 10.2 Å². The summed E-state index contributed by atoms with van der Waals surface area (Å²) in [4.78, 5) is 30.0. The Hall–Kier alpha value is -3.54. The molecular formula is C16H14N6O5S. The van der Waals surface area contributed by atoms with Crippen LogP contribution in [0.4, 0.5) is 11.5 Å². The molecule has 12 heteroatoms. The van der Waals surface area contributed by atoms with Gasteiger partial charge < -0.3 is 14.9 Å². The highest BCUT2D eigenvalue weighted by atomic mass is 32.2. The lowest BCUT2D eigenvalue weighted by Gasteiger charge is -2.05. The molecule has 0 amide bonds. The fraction of sp³-hybridized carbons (Fsp3) is 0.188. The topological polar surface area (TPSA) is 160 Å². The summed E-state index contributed by atoms with van der Waals surface area (Å²) < 4.78 is 10.4. The van der Waals surface area contributed by atoms with Gasteiger partial charge >= 0.3 is 5.97 Å². The van der Waals surface area contributed by atoms with Gasteiger partial charge in [-0.1, -0.05) is 11.8 Å². The minimum Gasteiger partial charge on any atom is -0.462 e. The number of nitrogens with zero attached hydrogens (tertiary/aromatic N) is 5. The predicted molar refractivity (Wildman–Crippen MR) is 98.4 cm³/mol. The van der Waals surface area contributed by atoms with E-state index < -0.39 is 10.9 Å². The Morgan fingerprint density at radius 3 is 2.71 bits per heavy atom. The molecule has 0 fully saturated rings. The maximum absolute atomic E-state index is 11.7. The third-order valence-corrected chi connectivity index (χ3v) is 4.25. The van der Waals surface area contributed by atoms with E-state index in [0.29, 0.717) is 16.6 Å². The molecule has 144 valence electrons. The molecule has 0 aliphatic carbocycles. The van der Waals surface area contributed by atoms with Crippen LogP contribution in [-0.2, 0) is 10.5 Å².